The largest absolute Gasteiger partial charge is 0.394 e. The van der Waals surface area contributed by atoms with Gasteiger partial charge in [0.2, 0.25) is 17.7 Å². The minimum absolute atomic E-state index is 0.0933. The van der Waals surface area contributed by atoms with Crippen LogP contribution in [0.5, 0.6) is 0 Å². The second kappa shape index (κ2) is 10.9. The Hall–Kier alpha value is -2.19. The predicted molar refractivity (Wildman–Crippen MR) is 141 cm³/mol. The van der Waals surface area contributed by atoms with Crippen molar-refractivity contribution in [2.75, 3.05) is 26.7 Å². The molecule has 1 spiro atoms. The van der Waals surface area contributed by atoms with Gasteiger partial charge < -0.3 is 24.5 Å². The molecule has 37 heavy (non-hydrogen) atoms. The Balaban J connectivity index is 1.81. The van der Waals surface area contributed by atoms with Crippen molar-refractivity contribution >= 4 is 17.7 Å². The van der Waals surface area contributed by atoms with Crippen molar-refractivity contribution in [2.24, 2.45) is 11.8 Å². The molecule has 1 aliphatic carbocycles. The van der Waals surface area contributed by atoms with E-state index >= 15 is 0 Å². The number of hydrogen-bond acceptors (Lipinski definition) is 5. The first-order valence-electron chi connectivity index (χ1n) is 14.2. The number of fused-ring (bicyclic) bond motifs is 1. The average Bonchev–Trinajstić information content (AvgIpc) is 3.52. The minimum Gasteiger partial charge on any atom is -0.394 e. The molecule has 8 nitrogen and oxygen atoms in total. The number of nitrogens with zero attached hydrogens (tertiary/aromatic N) is 3. The molecule has 0 aromatic rings. The van der Waals surface area contributed by atoms with Crippen LogP contribution in [0.4, 0.5) is 0 Å². The zero-order chi connectivity index (χ0) is 27.0. The Labute approximate surface area is 221 Å². The van der Waals surface area contributed by atoms with E-state index in [1.54, 1.807) is 29.0 Å². The van der Waals surface area contributed by atoms with Gasteiger partial charge in [-0.2, -0.15) is 0 Å². The molecule has 4 fully saturated rings. The normalized spacial score (nSPS) is 33.8. The van der Waals surface area contributed by atoms with Gasteiger partial charge in [-0.05, 0) is 38.5 Å². The Bertz CT molecular complexity index is 913. The number of carbonyl (C=O) groups is 3. The van der Waals surface area contributed by atoms with E-state index < -0.39 is 35.1 Å². The van der Waals surface area contributed by atoms with Gasteiger partial charge in [0.1, 0.15) is 11.6 Å². The maximum atomic E-state index is 14.6. The van der Waals surface area contributed by atoms with Gasteiger partial charge >= 0.3 is 0 Å². The van der Waals surface area contributed by atoms with E-state index in [0.29, 0.717) is 38.8 Å². The maximum absolute atomic E-state index is 14.6. The third kappa shape index (κ3) is 4.24. The molecule has 0 aromatic heterocycles. The molecule has 2 unspecified atom stereocenters. The predicted octanol–water partition coefficient (Wildman–Crippen LogP) is 2.90. The molecule has 0 radical (unpaired) electrons. The van der Waals surface area contributed by atoms with Crippen LogP contribution in [0, 0.1) is 11.8 Å². The molecular weight excluding hydrogens is 470 g/mol. The standard InChI is InChI=1S/C29H45N3O5/c1-6-17-30(5)25(34)22-23-26(35)32(20(8-3)19-33)24(29(23)16-15-28(22,9-4)37-29)27(36)31(18-7-2)21-13-11-10-12-14-21/h6-7,20-24,33H,1-2,8-19H2,3-5H3/t20-,22-,23-,24?,28+,29?/m0/s1. The third-order valence-electron chi connectivity index (χ3n) is 9.60. The van der Waals surface area contributed by atoms with Crippen molar-refractivity contribution in [3.63, 3.8) is 0 Å². The van der Waals surface area contributed by atoms with Crippen LogP contribution in [0.1, 0.15) is 71.6 Å². The number of aliphatic hydroxyl groups is 1. The number of rotatable bonds is 11. The number of likely N-dealkylation sites (N-methyl/N-ethyl adjacent to an activating group) is 1. The number of hydrogen-bond donors (Lipinski definition) is 1. The van der Waals surface area contributed by atoms with E-state index in [1.165, 1.54) is 6.42 Å². The molecule has 8 heteroatoms. The Morgan fingerprint density at radius 1 is 1.14 bits per heavy atom. The second-order valence-electron chi connectivity index (χ2n) is 11.4. The summed E-state index contributed by atoms with van der Waals surface area (Å²) >= 11 is 0. The summed E-state index contributed by atoms with van der Waals surface area (Å²) in [6.07, 6.45) is 10.9. The SMILES string of the molecule is C=CCN(C)C(=O)[C@@H]1[C@H]2C(=O)N([C@@H](CC)CO)C(C(=O)N(CC=C)C3CCCCC3)C23CC[C@@]1(CC)O3. The Kier molecular flexibility index (Phi) is 8.19. The molecule has 3 amide bonds. The van der Waals surface area contributed by atoms with E-state index in [4.69, 9.17) is 4.74 Å². The minimum atomic E-state index is -1.07. The lowest BCUT2D eigenvalue weighted by molar-refractivity contribution is -0.159. The molecule has 1 saturated carbocycles. The number of likely N-dealkylation sites (tertiary alicyclic amines) is 1. The smallest absolute Gasteiger partial charge is 0.248 e. The van der Waals surface area contributed by atoms with Crippen molar-refractivity contribution in [3.8, 4) is 0 Å². The highest BCUT2D eigenvalue weighted by atomic mass is 16.5. The summed E-state index contributed by atoms with van der Waals surface area (Å²) in [5.74, 6) is -1.91. The van der Waals surface area contributed by atoms with Crippen molar-refractivity contribution in [1.82, 2.24) is 14.7 Å². The van der Waals surface area contributed by atoms with Gasteiger partial charge in [-0.25, -0.2) is 0 Å². The molecule has 1 N–H and O–H groups in total. The van der Waals surface area contributed by atoms with Crippen LogP contribution in [0.15, 0.2) is 25.3 Å². The summed E-state index contributed by atoms with van der Waals surface area (Å²) < 4.78 is 6.88. The molecule has 3 aliphatic heterocycles. The molecule has 3 saturated heterocycles. The molecule has 3 heterocycles. The van der Waals surface area contributed by atoms with Gasteiger partial charge in [0.15, 0.2) is 0 Å². The third-order valence-corrected chi connectivity index (χ3v) is 9.60. The molecular formula is C29H45N3O5. The Morgan fingerprint density at radius 3 is 2.38 bits per heavy atom. The van der Waals surface area contributed by atoms with Crippen molar-refractivity contribution < 1.29 is 24.2 Å². The summed E-state index contributed by atoms with van der Waals surface area (Å²) in [5.41, 5.74) is -1.84. The summed E-state index contributed by atoms with van der Waals surface area (Å²) in [7, 11) is 1.73. The Morgan fingerprint density at radius 2 is 1.81 bits per heavy atom. The first-order valence-corrected chi connectivity index (χ1v) is 14.2. The molecule has 4 rings (SSSR count). The first-order chi connectivity index (χ1) is 17.8. The van der Waals surface area contributed by atoms with Crippen LogP contribution in [-0.4, -0.2) is 93.6 Å². The fourth-order valence-electron chi connectivity index (χ4n) is 7.75. The second-order valence-corrected chi connectivity index (χ2v) is 11.4. The number of ether oxygens (including phenoxy) is 1. The fraction of sp³-hybridized carbons (Fsp3) is 0.759. The average molecular weight is 516 g/mol. The van der Waals surface area contributed by atoms with Gasteiger partial charge in [-0.1, -0.05) is 45.3 Å². The van der Waals surface area contributed by atoms with E-state index in [9.17, 15) is 19.5 Å². The summed E-state index contributed by atoms with van der Waals surface area (Å²) in [6.45, 7) is 12.1. The van der Waals surface area contributed by atoms with Gasteiger partial charge in [-0.15, -0.1) is 13.2 Å². The van der Waals surface area contributed by atoms with Crippen LogP contribution >= 0.6 is 0 Å². The van der Waals surface area contributed by atoms with Gasteiger partial charge in [0, 0.05) is 26.2 Å². The van der Waals surface area contributed by atoms with Crippen LogP contribution in [0.25, 0.3) is 0 Å². The number of amides is 3. The fourth-order valence-corrected chi connectivity index (χ4v) is 7.75. The van der Waals surface area contributed by atoms with Crippen molar-refractivity contribution in [3.05, 3.63) is 25.3 Å². The number of carbonyl (C=O) groups excluding carboxylic acids is 3. The maximum Gasteiger partial charge on any atom is 0.248 e. The van der Waals surface area contributed by atoms with Crippen LogP contribution < -0.4 is 0 Å². The van der Waals surface area contributed by atoms with Crippen LogP contribution in [-0.2, 0) is 19.1 Å². The molecule has 2 bridgehead atoms. The van der Waals surface area contributed by atoms with E-state index in [0.717, 1.165) is 25.7 Å². The van der Waals surface area contributed by atoms with Gasteiger partial charge in [0.05, 0.1) is 30.1 Å². The van der Waals surface area contributed by atoms with Crippen molar-refractivity contribution in [1.29, 1.82) is 0 Å². The van der Waals surface area contributed by atoms with Crippen molar-refractivity contribution in [2.45, 2.75) is 101 Å². The van der Waals surface area contributed by atoms with Crippen LogP contribution in [0.3, 0.4) is 0 Å². The first kappa shape index (κ1) is 27.8. The van der Waals surface area contributed by atoms with E-state index in [2.05, 4.69) is 13.2 Å². The zero-order valence-corrected chi connectivity index (χ0v) is 22.9. The summed E-state index contributed by atoms with van der Waals surface area (Å²) in [4.78, 5) is 47.8. The van der Waals surface area contributed by atoms with Gasteiger partial charge in [0.25, 0.3) is 0 Å². The van der Waals surface area contributed by atoms with E-state index in [1.807, 2.05) is 18.7 Å². The zero-order valence-electron chi connectivity index (χ0n) is 22.9. The lowest BCUT2D eigenvalue weighted by Crippen LogP contribution is -2.60. The summed E-state index contributed by atoms with van der Waals surface area (Å²) in [5, 5.41) is 10.3. The van der Waals surface area contributed by atoms with Gasteiger partial charge in [-0.3, -0.25) is 14.4 Å². The molecule has 4 aliphatic rings. The molecule has 0 aromatic carbocycles. The lowest BCUT2D eigenvalue weighted by atomic mass is 9.64. The summed E-state index contributed by atoms with van der Waals surface area (Å²) in [6, 6.07) is -1.28. The quantitative estimate of drug-likeness (QED) is 0.428. The molecule has 206 valence electrons. The number of aliphatic hydroxyl groups excluding tert-OH is 1. The highest BCUT2D eigenvalue weighted by molar-refractivity contribution is 5.99. The molecule has 6 atom stereocenters. The topological polar surface area (TPSA) is 90.4 Å². The lowest BCUT2D eigenvalue weighted by Gasteiger charge is -2.42. The highest BCUT2D eigenvalue weighted by Gasteiger charge is 2.79. The highest BCUT2D eigenvalue weighted by Crippen LogP contribution is 2.65. The van der Waals surface area contributed by atoms with Crippen LogP contribution in [0.2, 0.25) is 0 Å². The monoisotopic (exact) mass is 515 g/mol. The van der Waals surface area contributed by atoms with E-state index in [-0.39, 0.29) is 30.4 Å².